The quantitative estimate of drug-likeness (QED) is 0.793. The summed E-state index contributed by atoms with van der Waals surface area (Å²) in [7, 11) is 0.214. The van der Waals surface area contributed by atoms with Crippen LogP contribution in [-0.4, -0.2) is 46.4 Å². The van der Waals surface area contributed by atoms with E-state index >= 15 is 0 Å². The number of hydrogen-bond acceptors (Lipinski definition) is 5. The fourth-order valence-corrected chi connectivity index (χ4v) is 3.32. The Balaban J connectivity index is 2.13. The Morgan fingerprint density at radius 2 is 1.69 bits per heavy atom. The number of anilines is 1. The van der Waals surface area contributed by atoms with Gasteiger partial charge in [-0.3, -0.25) is 4.79 Å². The molecule has 0 saturated carbocycles. The summed E-state index contributed by atoms with van der Waals surface area (Å²) < 4.78 is 49.2. The highest BCUT2D eigenvalue weighted by Crippen LogP contribution is 2.30. The third kappa shape index (κ3) is 4.50. The molecule has 0 spiro atoms. The van der Waals surface area contributed by atoms with Gasteiger partial charge >= 0.3 is 0 Å². The molecule has 140 valence electrons. The molecule has 0 aromatic heterocycles. The van der Waals surface area contributed by atoms with Gasteiger partial charge in [0.1, 0.15) is 5.82 Å². The first kappa shape index (κ1) is 19.7. The highest BCUT2D eigenvalue weighted by Gasteiger charge is 2.24. The number of likely N-dealkylation sites (N-methyl/N-ethyl adjacent to an activating group) is 1. The van der Waals surface area contributed by atoms with Crippen LogP contribution in [0.15, 0.2) is 47.4 Å². The number of hydrogen-bond donors (Lipinski definition) is 1. The molecule has 26 heavy (non-hydrogen) atoms. The summed E-state index contributed by atoms with van der Waals surface area (Å²) in [4.78, 5) is 12.0. The molecule has 1 N–H and O–H groups in total. The van der Waals surface area contributed by atoms with E-state index in [1.165, 1.54) is 63.7 Å². The predicted octanol–water partition coefficient (Wildman–Crippen LogP) is 2.10. The fourth-order valence-electron chi connectivity index (χ4n) is 2.18. The van der Waals surface area contributed by atoms with Crippen molar-refractivity contribution in [1.82, 2.24) is 4.31 Å². The predicted molar refractivity (Wildman–Crippen MR) is 94.4 cm³/mol. The van der Waals surface area contributed by atoms with Gasteiger partial charge < -0.3 is 14.8 Å². The maximum Gasteiger partial charge on any atom is 0.243 e. The zero-order chi connectivity index (χ0) is 19.3. The fraction of sp³-hybridized carbons (Fsp3) is 0.235. The van der Waals surface area contributed by atoms with E-state index in [2.05, 4.69) is 5.32 Å². The summed E-state index contributed by atoms with van der Waals surface area (Å²) in [6, 6.07) is 9.32. The second kappa shape index (κ2) is 8.15. The van der Waals surface area contributed by atoms with Gasteiger partial charge in [-0.15, -0.1) is 0 Å². The van der Waals surface area contributed by atoms with E-state index < -0.39 is 28.3 Å². The normalized spacial score (nSPS) is 11.3. The molecule has 0 fully saturated rings. The first-order chi connectivity index (χ1) is 12.3. The third-order valence-electron chi connectivity index (χ3n) is 3.56. The van der Waals surface area contributed by atoms with Crippen LogP contribution in [-0.2, 0) is 14.8 Å². The molecular formula is C17H19FN2O5S. The van der Waals surface area contributed by atoms with Gasteiger partial charge in [-0.05, 0) is 36.4 Å². The molecule has 0 unspecified atom stereocenters. The smallest absolute Gasteiger partial charge is 0.243 e. The number of amides is 1. The van der Waals surface area contributed by atoms with Gasteiger partial charge in [-0.2, -0.15) is 4.31 Å². The molecule has 0 saturated heterocycles. The molecule has 0 atom stereocenters. The molecule has 0 bridgehead atoms. The summed E-state index contributed by atoms with van der Waals surface area (Å²) in [5, 5.41) is 2.51. The molecule has 0 radical (unpaired) electrons. The van der Waals surface area contributed by atoms with Crippen LogP contribution in [0.25, 0.3) is 0 Å². The van der Waals surface area contributed by atoms with Crippen LogP contribution < -0.4 is 14.8 Å². The second-order valence-corrected chi connectivity index (χ2v) is 7.38. The van der Waals surface area contributed by atoms with Crippen LogP contribution in [0.2, 0.25) is 0 Å². The van der Waals surface area contributed by atoms with Crippen molar-refractivity contribution in [3.63, 3.8) is 0 Å². The minimum absolute atomic E-state index is 0.0350. The Morgan fingerprint density at radius 3 is 2.27 bits per heavy atom. The van der Waals surface area contributed by atoms with Crippen molar-refractivity contribution in [2.24, 2.45) is 0 Å². The Kier molecular flexibility index (Phi) is 6.17. The standard InChI is InChI=1S/C17H19FN2O5S/c1-20(11-17(21)19-13-6-4-12(18)5-7-13)26(22,23)14-8-9-15(24-2)16(10-14)25-3/h4-10H,11H2,1-3H3,(H,19,21). The Morgan fingerprint density at radius 1 is 1.08 bits per heavy atom. The average Bonchev–Trinajstić information content (AvgIpc) is 2.62. The van der Waals surface area contributed by atoms with Gasteiger partial charge in [0.15, 0.2) is 11.5 Å². The third-order valence-corrected chi connectivity index (χ3v) is 5.36. The van der Waals surface area contributed by atoms with E-state index in [-0.39, 0.29) is 10.6 Å². The van der Waals surface area contributed by atoms with Crippen LogP contribution in [0.5, 0.6) is 11.5 Å². The zero-order valence-electron chi connectivity index (χ0n) is 14.5. The molecule has 0 aliphatic carbocycles. The minimum atomic E-state index is -3.91. The number of sulfonamides is 1. The van der Waals surface area contributed by atoms with E-state index in [1.54, 1.807) is 0 Å². The lowest BCUT2D eigenvalue weighted by Gasteiger charge is -2.18. The molecule has 2 aromatic carbocycles. The van der Waals surface area contributed by atoms with Crippen molar-refractivity contribution in [2.45, 2.75) is 4.90 Å². The number of nitrogens with one attached hydrogen (secondary N) is 1. The van der Waals surface area contributed by atoms with Crippen molar-refractivity contribution < 1.29 is 27.1 Å². The molecule has 0 heterocycles. The average molecular weight is 382 g/mol. The lowest BCUT2D eigenvalue weighted by molar-refractivity contribution is -0.116. The molecule has 9 heteroatoms. The number of carbonyl (C=O) groups excluding carboxylic acids is 1. The minimum Gasteiger partial charge on any atom is -0.493 e. The number of halogens is 1. The van der Waals surface area contributed by atoms with Crippen LogP contribution in [0.1, 0.15) is 0 Å². The Labute approximate surface area is 151 Å². The van der Waals surface area contributed by atoms with Gasteiger partial charge in [-0.25, -0.2) is 12.8 Å². The zero-order valence-corrected chi connectivity index (χ0v) is 15.3. The van der Waals surface area contributed by atoms with E-state index in [4.69, 9.17) is 9.47 Å². The van der Waals surface area contributed by atoms with Gasteiger partial charge in [-0.1, -0.05) is 0 Å². The van der Waals surface area contributed by atoms with Crippen molar-refractivity contribution in [3.8, 4) is 11.5 Å². The highest BCUT2D eigenvalue weighted by molar-refractivity contribution is 7.89. The van der Waals surface area contributed by atoms with Crippen LogP contribution >= 0.6 is 0 Å². The number of carbonyl (C=O) groups is 1. The van der Waals surface area contributed by atoms with Crippen molar-refractivity contribution in [3.05, 3.63) is 48.3 Å². The van der Waals surface area contributed by atoms with Gasteiger partial charge in [0.25, 0.3) is 0 Å². The molecule has 7 nitrogen and oxygen atoms in total. The largest absolute Gasteiger partial charge is 0.493 e. The summed E-state index contributed by atoms with van der Waals surface area (Å²) >= 11 is 0. The Hall–Kier alpha value is -2.65. The molecule has 1 amide bonds. The van der Waals surface area contributed by atoms with E-state index in [0.29, 0.717) is 11.4 Å². The highest BCUT2D eigenvalue weighted by atomic mass is 32.2. The van der Waals surface area contributed by atoms with E-state index in [0.717, 1.165) is 4.31 Å². The van der Waals surface area contributed by atoms with Crippen molar-refractivity contribution in [2.75, 3.05) is 33.1 Å². The molecule has 0 aliphatic heterocycles. The molecular weight excluding hydrogens is 363 g/mol. The monoisotopic (exact) mass is 382 g/mol. The maximum absolute atomic E-state index is 12.9. The lowest BCUT2D eigenvalue weighted by Crippen LogP contribution is -2.35. The first-order valence-corrected chi connectivity index (χ1v) is 8.95. The van der Waals surface area contributed by atoms with Crippen LogP contribution in [0, 0.1) is 5.82 Å². The summed E-state index contributed by atoms with van der Waals surface area (Å²) in [5.41, 5.74) is 0.369. The summed E-state index contributed by atoms with van der Waals surface area (Å²) in [5.74, 6) is -0.333. The number of benzene rings is 2. The summed E-state index contributed by atoms with van der Waals surface area (Å²) in [6.45, 7) is -0.409. The molecule has 2 aromatic rings. The van der Waals surface area contributed by atoms with Crippen molar-refractivity contribution in [1.29, 1.82) is 0 Å². The van der Waals surface area contributed by atoms with Gasteiger partial charge in [0, 0.05) is 18.8 Å². The number of rotatable bonds is 7. The number of methoxy groups -OCH3 is 2. The number of nitrogens with zero attached hydrogens (tertiary/aromatic N) is 1. The van der Waals surface area contributed by atoms with Crippen molar-refractivity contribution >= 4 is 21.6 Å². The second-order valence-electron chi connectivity index (χ2n) is 5.33. The SMILES string of the molecule is COc1ccc(S(=O)(=O)N(C)CC(=O)Nc2ccc(F)cc2)cc1OC. The topological polar surface area (TPSA) is 84.9 Å². The molecule has 2 rings (SSSR count). The number of ether oxygens (including phenoxy) is 2. The van der Waals surface area contributed by atoms with Crippen LogP contribution in [0.4, 0.5) is 10.1 Å². The van der Waals surface area contributed by atoms with Crippen LogP contribution in [0.3, 0.4) is 0 Å². The Bertz CT molecular complexity index is 885. The van der Waals surface area contributed by atoms with E-state index in [1.807, 2.05) is 0 Å². The molecule has 0 aliphatic rings. The maximum atomic E-state index is 12.9. The first-order valence-electron chi connectivity index (χ1n) is 7.51. The lowest BCUT2D eigenvalue weighted by atomic mass is 10.3. The van der Waals surface area contributed by atoms with Gasteiger partial charge in [0.05, 0.1) is 25.7 Å². The summed E-state index contributed by atoms with van der Waals surface area (Å²) in [6.07, 6.45) is 0. The van der Waals surface area contributed by atoms with E-state index in [9.17, 15) is 17.6 Å². The van der Waals surface area contributed by atoms with Gasteiger partial charge in [0.2, 0.25) is 15.9 Å².